The summed E-state index contributed by atoms with van der Waals surface area (Å²) in [5.41, 5.74) is 0. The van der Waals surface area contributed by atoms with Crippen molar-refractivity contribution in [1.29, 1.82) is 0 Å². The number of unbranched alkanes of at least 4 members (excludes halogenated alkanes) is 14. The van der Waals surface area contributed by atoms with E-state index >= 15 is 0 Å². The number of allylic oxidation sites excluding steroid dienone is 9. The van der Waals surface area contributed by atoms with Gasteiger partial charge in [0.05, 0.1) is 25.9 Å². The SMILES string of the molecule is CC/C=C\C/C=C\C/C=C\C/C=C\C=C\C(O)CCCC(=O)O[C@H](COC(=O)CCCCCCCCCCCCCCCCC)COP(=O)(O)OC[C@@H](O)CO. The molecule has 0 aromatic rings. The van der Waals surface area contributed by atoms with Gasteiger partial charge in [-0.15, -0.1) is 0 Å². The molecule has 0 heterocycles. The van der Waals surface area contributed by atoms with Gasteiger partial charge in [-0.3, -0.25) is 18.6 Å². The third-order valence-electron chi connectivity index (χ3n) is 8.79. The molecule has 0 bridgehead atoms. The molecule has 2 unspecified atom stereocenters. The molecule has 0 aliphatic heterocycles. The van der Waals surface area contributed by atoms with Gasteiger partial charge in [-0.1, -0.05) is 164 Å². The number of carbonyl (C=O) groups is 2. The standard InChI is InChI=1S/C44H77O11P/c1-3-5-7-9-11-13-15-17-18-20-22-24-26-28-30-34-43(48)52-38-42(39-54-56(50,51)53-37-41(47)36-45)55-44(49)35-31-33-40(46)32-29-27-25-23-21-19-16-14-12-10-8-6-4-2/h6,8,12,14,19,21,25,27,29,32,40-42,45-47H,3-5,7,9-11,13,15-18,20,22-24,26,28,30-31,33-39H2,1-2H3,(H,50,51)/b8-6-,14-12-,21-19-,27-25-,32-29+/t40?,41-,42+/m0/s1. The summed E-state index contributed by atoms with van der Waals surface area (Å²) in [6, 6.07) is 0. The summed E-state index contributed by atoms with van der Waals surface area (Å²) >= 11 is 0. The molecule has 0 saturated carbocycles. The summed E-state index contributed by atoms with van der Waals surface area (Å²) in [5, 5.41) is 28.6. The van der Waals surface area contributed by atoms with E-state index in [9.17, 15) is 29.3 Å². The second kappa shape index (κ2) is 39.5. The van der Waals surface area contributed by atoms with E-state index < -0.39 is 57.9 Å². The van der Waals surface area contributed by atoms with Gasteiger partial charge in [-0.05, 0) is 44.9 Å². The van der Waals surface area contributed by atoms with Crippen LogP contribution >= 0.6 is 7.82 Å². The van der Waals surface area contributed by atoms with Crippen LogP contribution in [0.4, 0.5) is 0 Å². The molecule has 0 aromatic heterocycles. The molecule has 0 aromatic carbocycles. The molecule has 0 saturated heterocycles. The Morgan fingerprint density at radius 2 is 1.11 bits per heavy atom. The lowest BCUT2D eigenvalue weighted by Gasteiger charge is -2.20. The third-order valence-corrected chi connectivity index (χ3v) is 9.74. The Morgan fingerprint density at radius 3 is 1.66 bits per heavy atom. The van der Waals surface area contributed by atoms with Gasteiger partial charge >= 0.3 is 19.8 Å². The number of ether oxygens (including phenoxy) is 2. The third kappa shape index (κ3) is 38.5. The summed E-state index contributed by atoms with van der Waals surface area (Å²) in [6.07, 6.45) is 39.3. The van der Waals surface area contributed by atoms with Crippen molar-refractivity contribution >= 4 is 19.8 Å². The smallest absolute Gasteiger partial charge is 0.462 e. The zero-order valence-electron chi connectivity index (χ0n) is 34.7. The average Bonchev–Trinajstić information content (AvgIpc) is 3.18. The van der Waals surface area contributed by atoms with Gasteiger partial charge in [-0.25, -0.2) is 4.57 Å². The lowest BCUT2D eigenvalue weighted by Crippen LogP contribution is -2.30. The number of esters is 2. The van der Waals surface area contributed by atoms with Gasteiger partial charge in [0.2, 0.25) is 0 Å². The second-order valence-corrected chi connectivity index (χ2v) is 15.6. The van der Waals surface area contributed by atoms with Crippen LogP contribution in [-0.4, -0.2) is 76.9 Å². The Kier molecular flexibility index (Phi) is 37.8. The monoisotopic (exact) mass is 813 g/mol. The van der Waals surface area contributed by atoms with Gasteiger partial charge in [0, 0.05) is 12.8 Å². The summed E-state index contributed by atoms with van der Waals surface area (Å²) in [7, 11) is -4.67. The summed E-state index contributed by atoms with van der Waals surface area (Å²) in [6.45, 7) is 2.04. The minimum absolute atomic E-state index is 0.0472. The molecule has 56 heavy (non-hydrogen) atoms. The predicted octanol–water partition coefficient (Wildman–Crippen LogP) is 10.1. The normalized spacial score (nSPS) is 15.0. The minimum atomic E-state index is -4.67. The minimum Gasteiger partial charge on any atom is -0.462 e. The van der Waals surface area contributed by atoms with Crippen molar-refractivity contribution in [2.75, 3.05) is 26.4 Å². The fourth-order valence-electron chi connectivity index (χ4n) is 5.49. The van der Waals surface area contributed by atoms with Crippen LogP contribution in [0.25, 0.3) is 0 Å². The topological polar surface area (TPSA) is 169 Å². The Bertz CT molecular complexity index is 1130. The van der Waals surface area contributed by atoms with E-state index in [0.717, 1.165) is 44.9 Å². The fourth-order valence-corrected chi connectivity index (χ4v) is 6.28. The highest BCUT2D eigenvalue weighted by Crippen LogP contribution is 2.43. The van der Waals surface area contributed by atoms with Crippen molar-refractivity contribution in [3.05, 3.63) is 60.8 Å². The van der Waals surface area contributed by atoms with Crippen molar-refractivity contribution in [2.24, 2.45) is 0 Å². The van der Waals surface area contributed by atoms with E-state index in [0.29, 0.717) is 19.3 Å². The maximum Gasteiger partial charge on any atom is 0.472 e. The predicted molar refractivity (Wildman–Crippen MR) is 225 cm³/mol. The highest BCUT2D eigenvalue weighted by atomic mass is 31.2. The summed E-state index contributed by atoms with van der Waals surface area (Å²) in [5.74, 6) is -1.13. The first-order valence-corrected chi connectivity index (χ1v) is 22.8. The van der Waals surface area contributed by atoms with E-state index in [1.807, 2.05) is 12.2 Å². The molecule has 4 atom stereocenters. The van der Waals surface area contributed by atoms with Crippen LogP contribution in [0, 0.1) is 0 Å². The molecule has 0 spiro atoms. The Labute approximate surface area is 338 Å². The van der Waals surface area contributed by atoms with Crippen LogP contribution in [0.15, 0.2) is 60.8 Å². The number of carbonyl (C=O) groups excluding carboxylic acids is 2. The van der Waals surface area contributed by atoms with Gasteiger partial charge < -0.3 is 29.7 Å². The number of aliphatic hydroxyl groups excluding tert-OH is 3. The number of phosphoric ester groups is 1. The van der Waals surface area contributed by atoms with Crippen LogP contribution in [0.1, 0.15) is 162 Å². The van der Waals surface area contributed by atoms with Crippen molar-refractivity contribution in [3.8, 4) is 0 Å². The first-order chi connectivity index (χ1) is 27.1. The Hall–Kier alpha value is -2.37. The molecular formula is C44H77O11P. The first-order valence-electron chi connectivity index (χ1n) is 21.4. The van der Waals surface area contributed by atoms with Gasteiger partial charge in [-0.2, -0.15) is 0 Å². The van der Waals surface area contributed by atoms with Crippen LogP contribution in [0.2, 0.25) is 0 Å². The van der Waals surface area contributed by atoms with Crippen LogP contribution in [-0.2, 0) is 32.7 Å². The molecule has 0 fully saturated rings. The highest BCUT2D eigenvalue weighted by Gasteiger charge is 2.27. The molecule has 0 aliphatic rings. The average molecular weight is 813 g/mol. The number of phosphoric acid groups is 1. The first kappa shape index (κ1) is 53.6. The van der Waals surface area contributed by atoms with E-state index in [-0.39, 0.29) is 19.4 Å². The second-order valence-electron chi connectivity index (χ2n) is 14.2. The molecule has 11 nitrogen and oxygen atoms in total. The lowest BCUT2D eigenvalue weighted by atomic mass is 10.0. The van der Waals surface area contributed by atoms with E-state index in [2.05, 4.69) is 54.8 Å². The molecule has 4 N–H and O–H groups in total. The molecule has 0 amide bonds. The quantitative estimate of drug-likeness (QED) is 0.0153. The maximum atomic E-state index is 12.6. The van der Waals surface area contributed by atoms with Crippen molar-refractivity contribution in [2.45, 2.75) is 180 Å². The highest BCUT2D eigenvalue weighted by molar-refractivity contribution is 7.47. The Balaban J connectivity index is 4.51. The van der Waals surface area contributed by atoms with Crippen molar-refractivity contribution < 1.29 is 52.9 Å². The fraction of sp³-hybridized carbons (Fsp3) is 0.727. The van der Waals surface area contributed by atoms with Crippen LogP contribution in [0.5, 0.6) is 0 Å². The van der Waals surface area contributed by atoms with E-state index in [1.54, 1.807) is 12.2 Å². The zero-order chi connectivity index (χ0) is 41.4. The van der Waals surface area contributed by atoms with E-state index in [1.165, 1.54) is 70.6 Å². The molecule has 12 heteroatoms. The molecular weight excluding hydrogens is 735 g/mol. The van der Waals surface area contributed by atoms with Crippen LogP contribution < -0.4 is 0 Å². The molecule has 0 radical (unpaired) electrons. The zero-order valence-corrected chi connectivity index (χ0v) is 35.6. The number of hydrogen-bond acceptors (Lipinski definition) is 10. The number of hydrogen-bond donors (Lipinski definition) is 4. The maximum absolute atomic E-state index is 12.6. The van der Waals surface area contributed by atoms with E-state index in [4.69, 9.17) is 19.1 Å². The Morgan fingerprint density at radius 1 is 0.607 bits per heavy atom. The van der Waals surface area contributed by atoms with Gasteiger partial charge in [0.1, 0.15) is 12.7 Å². The summed E-state index contributed by atoms with van der Waals surface area (Å²) in [4.78, 5) is 35.0. The molecule has 324 valence electrons. The largest absolute Gasteiger partial charge is 0.472 e. The number of rotatable bonds is 39. The van der Waals surface area contributed by atoms with Crippen molar-refractivity contribution in [3.63, 3.8) is 0 Å². The lowest BCUT2D eigenvalue weighted by molar-refractivity contribution is -0.161. The summed E-state index contributed by atoms with van der Waals surface area (Å²) < 4.78 is 32.5. The van der Waals surface area contributed by atoms with Crippen LogP contribution in [0.3, 0.4) is 0 Å². The van der Waals surface area contributed by atoms with Gasteiger partial charge in [0.25, 0.3) is 0 Å². The van der Waals surface area contributed by atoms with Gasteiger partial charge in [0.15, 0.2) is 6.10 Å². The molecule has 0 aliphatic carbocycles. The molecule has 0 rings (SSSR count). The number of aliphatic hydroxyl groups is 3. The van der Waals surface area contributed by atoms with Crippen molar-refractivity contribution in [1.82, 2.24) is 0 Å².